The van der Waals surface area contributed by atoms with Crippen molar-refractivity contribution in [1.82, 2.24) is 10.2 Å². The van der Waals surface area contributed by atoms with Crippen molar-refractivity contribution in [2.24, 2.45) is 0 Å². The number of carbonyl (C=O) groups excluding carboxylic acids is 1. The van der Waals surface area contributed by atoms with Gasteiger partial charge in [-0.25, -0.2) is 4.79 Å². The number of hydrogen-bond acceptors (Lipinski definition) is 3. The van der Waals surface area contributed by atoms with Crippen LogP contribution in [0.25, 0.3) is 0 Å². The average molecular weight is 261 g/mol. The highest BCUT2D eigenvalue weighted by Crippen LogP contribution is 2.28. The second kappa shape index (κ2) is 5.19. The highest BCUT2D eigenvalue weighted by molar-refractivity contribution is 5.94. The number of nitrogens with one attached hydrogen (secondary N) is 1. The lowest BCUT2D eigenvalue weighted by atomic mass is 10.1. The quantitative estimate of drug-likeness (QED) is 0.865. The standard InChI is InChI=1S/C14H19N3O2/c1-16-9-11-4-2-3-5-13(11)17(14(16)18)10-12-8-15-6-7-19-12/h2-5,12,15H,6-10H2,1H3. The highest BCUT2D eigenvalue weighted by atomic mass is 16.5. The number of hydrogen-bond donors (Lipinski definition) is 1. The van der Waals surface area contributed by atoms with E-state index >= 15 is 0 Å². The van der Waals surface area contributed by atoms with Crippen LogP contribution >= 0.6 is 0 Å². The average Bonchev–Trinajstić information content (AvgIpc) is 2.45. The first-order valence-electron chi connectivity index (χ1n) is 6.68. The van der Waals surface area contributed by atoms with Crippen molar-refractivity contribution in [2.75, 3.05) is 38.2 Å². The Labute approximate surface area is 113 Å². The molecule has 1 fully saturated rings. The normalized spacial score (nSPS) is 23.4. The molecule has 3 rings (SSSR count). The van der Waals surface area contributed by atoms with Gasteiger partial charge in [-0.1, -0.05) is 18.2 Å². The summed E-state index contributed by atoms with van der Waals surface area (Å²) >= 11 is 0. The fourth-order valence-corrected chi connectivity index (χ4v) is 2.66. The number of morpholine rings is 1. The van der Waals surface area contributed by atoms with Crippen LogP contribution in [-0.4, -0.2) is 50.3 Å². The zero-order valence-corrected chi connectivity index (χ0v) is 11.1. The zero-order chi connectivity index (χ0) is 13.2. The minimum Gasteiger partial charge on any atom is -0.374 e. The summed E-state index contributed by atoms with van der Waals surface area (Å²) in [6.07, 6.45) is 0.0669. The Morgan fingerprint density at radius 2 is 2.26 bits per heavy atom. The second-order valence-corrected chi connectivity index (χ2v) is 5.07. The van der Waals surface area contributed by atoms with Crippen LogP contribution in [0.3, 0.4) is 0 Å². The molecule has 5 nitrogen and oxygen atoms in total. The van der Waals surface area contributed by atoms with E-state index in [0.717, 1.165) is 18.8 Å². The summed E-state index contributed by atoms with van der Waals surface area (Å²) in [6, 6.07) is 8.12. The molecule has 0 bridgehead atoms. The van der Waals surface area contributed by atoms with Gasteiger partial charge in [-0.3, -0.25) is 4.90 Å². The lowest BCUT2D eigenvalue weighted by Crippen LogP contribution is -2.52. The third-order valence-corrected chi connectivity index (χ3v) is 3.64. The predicted octanol–water partition coefficient (Wildman–Crippen LogP) is 1.05. The number of para-hydroxylation sites is 1. The Balaban J connectivity index is 1.83. The summed E-state index contributed by atoms with van der Waals surface area (Å²) < 4.78 is 5.70. The van der Waals surface area contributed by atoms with Crippen molar-refractivity contribution in [3.63, 3.8) is 0 Å². The maximum Gasteiger partial charge on any atom is 0.324 e. The van der Waals surface area contributed by atoms with Gasteiger partial charge in [0.15, 0.2) is 0 Å². The van der Waals surface area contributed by atoms with E-state index in [1.54, 1.807) is 4.90 Å². The molecule has 19 heavy (non-hydrogen) atoms. The maximum atomic E-state index is 12.3. The largest absolute Gasteiger partial charge is 0.374 e. The maximum absolute atomic E-state index is 12.3. The van der Waals surface area contributed by atoms with Gasteiger partial charge < -0.3 is 15.0 Å². The van der Waals surface area contributed by atoms with Crippen molar-refractivity contribution < 1.29 is 9.53 Å². The van der Waals surface area contributed by atoms with Crippen LogP contribution in [0.15, 0.2) is 24.3 Å². The molecular weight excluding hydrogens is 242 g/mol. The van der Waals surface area contributed by atoms with Gasteiger partial charge in [0.2, 0.25) is 0 Å². The van der Waals surface area contributed by atoms with Crippen LogP contribution in [0.4, 0.5) is 10.5 Å². The van der Waals surface area contributed by atoms with E-state index in [2.05, 4.69) is 11.4 Å². The number of rotatable bonds is 2. The number of fused-ring (bicyclic) bond motifs is 1. The van der Waals surface area contributed by atoms with Crippen LogP contribution in [-0.2, 0) is 11.3 Å². The summed E-state index contributed by atoms with van der Waals surface area (Å²) in [5.41, 5.74) is 2.20. The van der Waals surface area contributed by atoms with Gasteiger partial charge in [0.1, 0.15) is 0 Å². The van der Waals surface area contributed by atoms with Crippen LogP contribution in [0.5, 0.6) is 0 Å². The Kier molecular flexibility index (Phi) is 3.40. The first kappa shape index (κ1) is 12.4. The van der Waals surface area contributed by atoms with Crippen molar-refractivity contribution in [2.45, 2.75) is 12.6 Å². The summed E-state index contributed by atoms with van der Waals surface area (Å²) in [4.78, 5) is 15.9. The van der Waals surface area contributed by atoms with E-state index in [1.807, 2.05) is 30.1 Å². The summed E-state index contributed by atoms with van der Waals surface area (Å²) in [6.45, 7) is 3.68. The highest BCUT2D eigenvalue weighted by Gasteiger charge is 2.30. The molecule has 1 aromatic carbocycles. The molecule has 2 heterocycles. The molecule has 2 aliphatic heterocycles. The van der Waals surface area contributed by atoms with Crippen LogP contribution in [0, 0.1) is 0 Å². The molecule has 0 radical (unpaired) electrons. The predicted molar refractivity (Wildman–Crippen MR) is 73.3 cm³/mol. The molecule has 0 aromatic heterocycles. The number of carbonyl (C=O) groups is 1. The number of nitrogens with zero attached hydrogens (tertiary/aromatic N) is 2. The van der Waals surface area contributed by atoms with Crippen LogP contribution in [0.1, 0.15) is 5.56 Å². The minimum absolute atomic E-state index is 0.0490. The Morgan fingerprint density at radius 1 is 1.42 bits per heavy atom. The molecule has 0 saturated carbocycles. The molecule has 2 aliphatic rings. The van der Waals surface area contributed by atoms with Crippen molar-refractivity contribution >= 4 is 11.7 Å². The molecule has 1 aromatic rings. The molecule has 1 N–H and O–H groups in total. The number of anilines is 1. The number of ether oxygens (including phenoxy) is 1. The molecule has 2 amide bonds. The molecule has 1 atom stereocenters. The van der Waals surface area contributed by atoms with Gasteiger partial charge in [-0.2, -0.15) is 0 Å². The second-order valence-electron chi connectivity index (χ2n) is 5.07. The van der Waals surface area contributed by atoms with Crippen molar-refractivity contribution in [1.29, 1.82) is 0 Å². The van der Waals surface area contributed by atoms with Gasteiger partial charge in [-0.15, -0.1) is 0 Å². The van der Waals surface area contributed by atoms with Gasteiger partial charge >= 0.3 is 6.03 Å². The molecule has 1 unspecified atom stereocenters. The van der Waals surface area contributed by atoms with Crippen LogP contribution in [0.2, 0.25) is 0 Å². The minimum atomic E-state index is 0.0490. The lowest BCUT2D eigenvalue weighted by molar-refractivity contribution is 0.0335. The molecule has 5 heteroatoms. The fraction of sp³-hybridized carbons (Fsp3) is 0.500. The Hall–Kier alpha value is -1.59. The molecular formula is C14H19N3O2. The van der Waals surface area contributed by atoms with Gasteiger partial charge in [-0.05, 0) is 11.6 Å². The van der Waals surface area contributed by atoms with Crippen molar-refractivity contribution in [3.8, 4) is 0 Å². The van der Waals surface area contributed by atoms with E-state index in [9.17, 15) is 4.79 Å². The monoisotopic (exact) mass is 261 g/mol. The number of amides is 2. The Morgan fingerprint density at radius 3 is 3.05 bits per heavy atom. The SMILES string of the molecule is CN1Cc2ccccc2N(CC2CNCCO2)C1=O. The summed E-state index contributed by atoms with van der Waals surface area (Å²) in [5.74, 6) is 0. The van der Waals surface area contributed by atoms with Crippen LogP contribution < -0.4 is 10.2 Å². The van der Waals surface area contributed by atoms with Gasteiger partial charge in [0, 0.05) is 26.7 Å². The molecule has 102 valence electrons. The van der Waals surface area contributed by atoms with Crippen molar-refractivity contribution in [3.05, 3.63) is 29.8 Å². The smallest absolute Gasteiger partial charge is 0.324 e. The van der Waals surface area contributed by atoms with E-state index < -0.39 is 0 Å². The summed E-state index contributed by atoms with van der Waals surface area (Å²) in [5, 5.41) is 3.30. The third kappa shape index (κ3) is 2.43. The molecule has 0 aliphatic carbocycles. The van der Waals surface area contributed by atoms with E-state index in [4.69, 9.17) is 4.74 Å². The first-order chi connectivity index (χ1) is 9.25. The van der Waals surface area contributed by atoms with Gasteiger partial charge in [0.25, 0.3) is 0 Å². The molecule has 1 saturated heterocycles. The van der Waals surface area contributed by atoms with Gasteiger partial charge in [0.05, 0.1) is 24.9 Å². The lowest BCUT2D eigenvalue weighted by Gasteiger charge is -2.37. The Bertz CT molecular complexity index is 472. The fourth-order valence-electron chi connectivity index (χ4n) is 2.66. The zero-order valence-electron chi connectivity index (χ0n) is 11.1. The van der Waals surface area contributed by atoms with E-state index in [1.165, 1.54) is 5.56 Å². The van der Waals surface area contributed by atoms with E-state index in [0.29, 0.717) is 19.7 Å². The molecule has 0 spiro atoms. The topological polar surface area (TPSA) is 44.8 Å². The third-order valence-electron chi connectivity index (χ3n) is 3.64. The summed E-state index contributed by atoms with van der Waals surface area (Å²) in [7, 11) is 1.84. The first-order valence-corrected chi connectivity index (χ1v) is 6.68. The van der Waals surface area contributed by atoms with E-state index in [-0.39, 0.29) is 12.1 Å². The number of urea groups is 1. The number of benzene rings is 1.